The van der Waals surface area contributed by atoms with E-state index < -0.39 is 11.7 Å². The molecule has 4 nitrogen and oxygen atoms in total. The Kier molecular flexibility index (Phi) is 4.28. The van der Waals surface area contributed by atoms with Crippen molar-refractivity contribution in [2.45, 2.75) is 58.4 Å². The number of nitrogens with zero attached hydrogens (tertiary/aromatic N) is 1. The molecule has 1 aromatic rings. The first kappa shape index (κ1) is 15.8. The van der Waals surface area contributed by atoms with E-state index in [1.807, 2.05) is 65.0 Å². The number of carbonyl (C=O) groups is 1. The molecule has 1 N–H and O–H groups in total. The Morgan fingerprint density at radius 3 is 2.29 bits per heavy atom. The van der Waals surface area contributed by atoms with Crippen LogP contribution in [0.2, 0.25) is 0 Å². The van der Waals surface area contributed by atoms with Gasteiger partial charge in [0.25, 0.3) is 0 Å². The summed E-state index contributed by atoms with van der Waals surface area (Å²) in [5.41, 5.74) is 0.390. The highest BCUT2D eigenvalue weighted by Gasteiger charge is 2.48. The van der Waals surface area contributed by atoms with E-state index in [0.717, 1.165) is 5.56 Å². The Morgan fingerprint density at radius 2 is 1.76 bits per heavy atom. The number of carbonyl (C=O) groups excluding carboxylic acids is 1. The minimum atomic E-state index is -0.588. The van der Waals surface area contributed by atoms with Gasteiger partial charge in [-0.15, -0.1) is 0 Å². The summed E-state index contributed by atoms with van der Waals surface area (Å²) in [6.45, 7) is 9.48. The number of hydrogen-bond acceptors (Lipinski definition) is 3. The number of rotatable bonds is 1. The standard InChI is InChI=1S/C17H25NO3/c1-11-12(2)18(16(20)21-17(3,4)5)14(15(11)19)13-9-7-6-8-10-13/h6-12,14-15,19H,1-5H3/t11-,12-,14-,15-/m0/s1. The maximum atomic E-state index is 12.5. The predicted molar refractivity (Wildman–Crippen MR) is 81.9 cm³/mol. The Hall–Kier alpha value is -1.55. The molecule has 4 atom stereocenters. The van der Waals surface area contributed by atoms with Crippen molar-refractivity contribution in [1.29, 1.82) is 0 Å². The van der Waals surface area contributed by atoms with E-state index in [2.05, 4.69) is 0 Å². The molecule has 0 aromatic heterocycles. The minimum Gasteiger partial charge on any atom is -0.444 e. The van der Waals surface area contributed by atoms with Crippen LogP contribution in [-0.4, -0.2) is 33.8 Å². The van der Waals surface area contributed by atoms with E-state index in [1.165, 1.54) is 0 Å². The molecule has 116 valence electrons. The van der Waals surface area contributed by atoms with Crippen molar-refractivity contribution < 1.29 is 14.6 Å². The molecule has 1 saturated heterocycles. The quantitative estimate of drug-likeness (QED) is 0.863. The number of aliphatic hydroxyl groups excluding tert-OH is 1. The molecule has 1 fully saturated rings. The summed E-state index contributed by atoms with van der Waals surface area (Å²) in [5.74, 6) is 0.00252. The molecule has 1 heterocycles. The molecule has 0 unspecified atom stereocenters. The van der Waals surface area contributed by atoms with Crippen LogP contribution >= 0.6 is 0 Å². The summed E-state index contributed by atoms with van der Waals surface area (Å²) < 4.78 is 5.52. The second-order valence-corrected chi connectivity index (χ2v) is 6.83. The van der Waals surface area contributed by atoms with E-state index >= 15 is 0 Å². The fourth-order valence-corrected chi connectivity index (χ4v) is 2.85. The largest absolute Gasteiger partial charge is 0.444 e. The van der Waals surface area contributed by atoms with Gasteiger partial charge in [-0.2, -0.15) is 0 Å². The summed E-state index contributed by atoms with van der Waals surface area (Å²) in [6, 6.07) is 9.22. The number of aliphatic hydroxyl groups is 1. The molecule has 1 aromatic carbocycles. The number of ether oxygens (including phenoxy) is 1. The third kappa shape index (κ3) is 3.21. The average Bonchev–Trinajstić information content (AvgIpc) is 2.62. The molecule has 1 aliphatic rings. The van der Waals surface area contributed by atoms with Crippen LogP contribution in [0.5, 0.6) is 0 Å². The molecule has 2 rings (SSSR count). The van der Waals surface area contributed by atoms with Crippen molar-refractivity contribution in [1.82, 2.24) is 4.90 Å². The Balaban J connectivity index is 2.33. The van der Waals surface area contributed by atoms with Crippen molar-refractivity contribution in [3.63, 3.8) is 0 Å². The summed E-state index contributed by atoms with van der Waals surface area (Å²) in [5, 5.41) is 10.5. The van der Waals surface area contributed by atoms with Gasteiger partial charge in [0.05, 0.1) is 12.1 Å². The van der Waals surface area contributed by atoms with Gasteiger partial charge in [-0.1, -0.05) is 37.3 Å². The third-order valence-electron chi connectivity index (χ3n) is 4.11. The summed E-state index contributed by atoms with van der Waals surface area (Å²) in [4.78, 5) is 14.2. The summed E-state index contributed by atoms with van der Waals surface area (Å²) in [6.07, 6.45) is -0.956. The van der Waals surface area contributed by atoms with Gasteiger partial charge < -0.3 is 9.84 Å². The van der Waals surface area contributed by atoms with Crippen LogP contribution in [0.25, 0.3) is 0 Å². The highest BCUT2D eigenvalue weighted by Crippen LogP contribution is 2.40. The lowest BCUT2D eigenvalue weighted by atomic mass is 9.96. The van der Waals surface area contributed by atoms with Crippen LogP contribution in [0, 0.1) is 5.92 Å². The highest BCUT2D eigenvalue weighted by atomic mass is 16.6. The first-order valence-electron chi connectivity index (χ1n) is 7.46. The normalized spacial score (nSPS) is 29.5. The molecular weight excluding hydrogens is 266 g/mol. The third-order valence-corrected chi connectivity index (χ3v) is 4.11. The van der Waals surface area contributed by atoms with E-state index in [9.17, 15) is 9.90 Å². The molecule has 0 bridgehead atoms. The lowest BCUT2D eigenvalue weighted by molar-refractivity contribution is 0.00953. The van der Waals surface area contributed by atoms with E-state index in [1.54, 1.807) is 4.90 Å². The molecule has 4 heteroatoms. The summed E-state index contributed by atoms with van der Waals surface area (Å²) in [7, 11) is 0. The van der Waals surface area contributed by atoms with Gasteiger partial charge in [0.1, 0.15) is 5.60 Å². The SMILES string of the molecule is C[C@@H]1[C@H](O)[C@H](c2ccccc2)N(C(=O)OC(C)(C)C)[C@H]1C. The number of hydrogen-bond donors (Lipinski definition) is 1. The molecule has 21 heavy (non-hydrogen) atoms. The molecule has 0 spiro atoms. The molecule has 0 radical (unpaired) electrons. The van der Waals surface area contributed by atoms with Gasteiger partial charge in [0, 0.05) is 12.0 Å². The Bertz CT molecular complexity index is 495. The van der Waals surface area contributed by atoms with Crippen molar-refractivity contribution in [3.8, 4) is 0 Å². The van der Waals surface area contributed by atoms with Gasteiger partial charge in [0.15, 0.2) is 0 Å². The first-order valence-corrected chi connectivity index (χ1v) is 7.46. The maximum absolute atomic E-state index is 12.5. The topological polar surface area (TPSA) is 49.8 Å². The lowest BCUT2D eigenvalue weighted by Crippen LogP contribution is -2.41. The van der Waals surface area contributed by atoms with Crippen LogP contribution in [-0.2, 0) is 4.74 Å². The second kappa shape index (κ2) is 5.68. The second-order valence-electron chi connectivity index (χ2n) is 6.83. The lowest BCUT2D eigenvalue weighted by Gasteiger charge is -2.32. The van der Waals surface area contributed by atoms with Crippen molar-refractivity contribution in [2.24, 2.45) is 5.92 Å². The van der Waals surface area contributed by atoms with Crippen LogP contribution in [0.3, 0.4) is 0 Å². The fourth-order valence-electron chi connectivity index (χ4n) is 2.85. The molecule has 1 amide bonds. The van der Waals surface area contributed by atoms with Crippen molar-refractivity contribution >= 4 is 6.09 Å². The van der Waals surface area contributed by atoms with Gasteiger partial charge in [-0.05, 0) is 33.3 Å². The smallest absolute Gasteiger partial charge is 0.411 e. The summed E-state index contributed by atoms with van der Waals surface area (Å²) >= 11 is 0. The van der Waals surface area contributed by atoms with Crippen LogP contribution in [0.15, 0.2) is 30.3 Å². The van der Waals surface area contributed by atoms with Gasteiger partial charge >= 0.3 is 6.09 Å². The minimum absolute atomic E-state index is 0.00252. The number of benzene rings is 1. The predicted octanol–water partition coefficient (Wildman–Crippen LogP) is 3.36. The molecular formula is C17H25NO3. The van der Waals surface area contributed by atoms with Crippen molar-refractivity contribution in [2.75, 3.05) is 0 Å². The first-order chi connectivity index (χ1) is 9.72. The molecule has 0 saturated carbocycles. The van der Waals surface area contributed by atoms with E-state index in [4.69, 9.17) is 4.74 Å². The average molecular weight is 291 g/mol. The van der Waals surface area contributed by atoms with Crippen LogP contribution in [0.4, 0.5) is 4.79 Å². The van der Waals surface area contributed by atoms with E-state index in [-0.39, 0.29) is 24.1 Å². The van der Waals surface area contributed by atoms with Crippen LogP contribution < -0.4 is 0 Å². The fraction of sp³-hybridized carbons (Fsp3) is 0.588. The zero-order chi connectivity index (χ0) is 15.8. The number of likely N-dealkylation sites (tertiary alicyclic amines) is 1. The zero-order valence-electron chi connectivity index (χ0n) is 13.4. The zero-order valence-corrected chi connectivity index (χ0v) is 13.4. The van der Waals surface area contributed by atoms with Gasteiger partial charge in [0.2, 0.25) is 0 Å². The van der Waals surface area contributed by atoms with Gasteiger partial charge in [-0.3, -0.25) is 4.90 Å². The van der Waals surface area contributed by atoms with Crippen molar-refractivity contribution in [3.05, 3.63) is 35.9 Å². The maximum Gasteiger partial charge on any atom is 0.411 e. The molecule has 0 aliphatic carbocycles. The monoisotopic (exact) mass is 291 g/mol. The Labute approximate surface area is 126 Å². The van der Waals surface area contributed by atoms with Crippen LogP contribution in [0.1, 0.15) is 46.2 Å². The molecule has 1 aliphatic heterocycles. The van der Waals surface area contributed by atoms with Gasteiger partial charge in [-0.25, -0.2) is 4.79 Å². The number of amides is 1. The Morgan fingerprint density at radius 1 is 1.19 bits per heavy atom. The van der Waals surface area contributed by atoms with E-state index in [0.29, 0.717) is 0 Å². The highest BCUT2D eigenvalue weighted by molar-refractivity contribution is 5.70.